The molecule has 0 unspecified atom stereocenters. The van der Waals surface area contributed by atoms with Crippen LogP contribution in [0.5, 0.6) is 0 Å². The van der Waals surface area contributed by atoms with Crippen molar-refractivity contribution in [3.63, 3.8) is 0 Å². The Morgan fingerprint density at radius 2 is 1.14 bits per heavy atom. The van der Waals surface area contributed by atoms with E-state index < -0.39 is 0 Å². The van der Waals surface area contributed by atoms with Crippen molar-refractivity contribution in [3.05, 3.63) is 6.92 Å². The SMILES string of the molecule is [CH2-]CCCCCCCCCCC.[Cl][Zn+]. The van der Waals surface area contributed by atoms with Gasteiger partial charge in [0.2, 0.25) is 0 Å². The predicted octanol–water partition coefficient (Wildman–Crippen LogP) is 5.43. The van der Waals surface area contributed by atoms with E-state index in [1.165, 1.54) is 57.8 Å². The topological polar surface area (TPSA) is 0 Å². The third kappa shape index (κ3) is 18.6. The zero-order valence-electron chi connectivity index (χ0n) is 9.86. The number of rotatable bonds is 9. The van der Waals surface area contributed by atoms with Crippen LogP contribution in [0.25, 0.3) is 0 Å². The summed E-state index contributed by atoms with van der Waals surface area (Å²) in [7, 11) is 4.76. The van der Waals surface area contributed by atoms with Gasteiger partial charge in [0.25, 0.3) is 0 Å². The fourth-order valence-electron chi connectivity index (χ4n) is 1.49. The molecule has 0 spiro atoms. The Bertz CT molecular complexity index is 66.7. The minimum absolute atomic E-state index is 0.847. The van der Waals surface area contributed by atoms with Crippen LogP contribution in [0.2, 0.25) is 0 Å². The summed E-state index contributed by atoms with van der Waals surface area (Å²) >= 11 is 0.847. The summed E-state index contributed by atoms with van der Waals surface area (Å²) in [5, 5.41) is 0. The fraction of sp³-hybridized carbons (Fsp3) is 0.917. The molecule has 0 aromatic heterocycles. The van der Waals surface area contributed by atoms with Crippen LogP contribution in [-0.2, 0) is 17.3 Å². The summed E-state index contributed by atoms with van der Waals surface area (Å²) in [6, 6.07) is 0. The molecule has 0 bridgehead atoms. The minimum atomic E-state index is 0.847. The van der Waals surface area contributed by atoms with Crippen molar-refractivity contribution in [1.82, 2.24) is 0 Å². The second-order valence-electron chi connectivity index (χ2n) is 3.68. The van der Waals surface area contributed by atoms with Crippen LogP contribution < -0.4 is 0 Å². The molecule has 0 aliphatic heterocycles. The van der Waals surface area contributed by atoms with Crippen LogP contribution in [-0.4, -0.2) is 0 Å². The Morgan fingerprint density at radius 1 is 0.786 bits per heavy atom. The van der Waals surface area contributed by atoms with Crippen LogP contribution >= 0.6 is 9.69 Å². The van der Waals surface area contributed by atoms with Crippen molar-refractivity contribution >= 4 is 9.69 Å². The van der Waals surface area contributed by atoms with Gasteiger partial charge in [0, 0.05) is 0 Å². The van der Waals surface area contributed by atoms with Crippen LogP contribution in [0.3, 0.4) is 0 Å². The molecule has 2 heteroatoms. The average Bonchev–Trinajstić information content (AvgIpc) is 2.25. The van der Waals surface area contributed by atoms with Crippen molar-refractivity contribution in [1.29, 1.82) is 0 Å². The Hall–Kier alpha value is 0.913. The fourth-order valence-corrected chi connectivity index (χ4v) is 1.49. The number of unbranched alkanes of at least 4 members (excludes halogenated alkanes) is 9. The first-order valence-corrected chi connectivity index (χ1v) is 9.87. The third-order valence-electron chi connectivity index (χ3n) is 2.35. The molecule has 0 saturated carbocycles. The van der Waals surface area contributed by atoms with Crippen LogP contribution in [0, 0.1) is 6.92 Å². The normalized spacial score (nSPS) is 9.50. The number of halogens is 1. The Labute approximate surface area is 105 Å². The Kier molecular flexibility index (Phi) is 24.1. The van der Waals surface area contributed by atoms with E-state index in [4.69, 9.17) is 9.69 Å². The molecule has 0 radical (unpaired) electrons. The zero-order chi connectivity index (χ0) is 11.1. The van der Waals surface area contributed by atoms with Gasteiger partial charge in [-0.3, -0.25) is 0 Å². The molecule has 0 nitrogen and oxygen atoms in total. The van der Waals surface area contributed by atoms with Gasteiger partial charge in [0.1, 0.15) is 0 Å². The molecule has 0 saturated heterocycles. The van der Waals surface area contributed by atoms with E-state index in [1.807, 2.05) is 0 Å². The van der Waals surface area contributed by atoms with E-state index in [0.717, 1.165) is 23.7 Å². The maximum atomic E-state index is 4.76. The second-order valence-corrected chi connectivity index (χ2v) is 3.68. The summed E-state index contributed by atoms with van der Waals surface area (Å²) in [6.07, 6.45) is 13.9. The molecule has 0 heterocycles. The number of hydrogen-bond donors (Lipinski definition) is 0. The molecule has 0 aliphatic carbocycles. The van der Waals surface area contributed by atoms with E-state index in [1.54, 1.807) is 0 Å². The molecule has 0 fully saturated rings. The van der Waals surface area contributed by atoms with Gasteiger partial charge in [0.05, 0.1) is 0 Å². The summed E-state index contributed by atoms with van der Waals surface area (Å²) < 4.78 is 0. The van der Waals surface area contributed by atoms with Crippen LogP contribution in [0.1, 0.15) is 71.1 Å². The molecule has 0 atom stereocenters. The monoisotopic (exact) mass is 268 g/mol. The molecule has 14 heavy (non-hydrogen) atoms. The first-order valence-electron chi connectivity index (χ1n) is 5.97. The zero-order valence-corrected chi connectivity index (χ0v) is 13.6. The van der Waals surface area contributed by atoms with Gasteiger partial charge >= 0.3 is 27.0 Å². The molecule has 0 aromatic rings. The summed E-state index contributed by atoms with van der Waals surface area (Å²) in [4.78, 5) is 0. The van der Waals surface area contributed by atoms with Gasteiger partial charge in [-0.25, -0.2) is 0 Å². The summed E-state index contributed by atoms with van der Waals surface area (Å²) in [5.74, 6) is 0. The van der Waals surface area contributed by atoms with E-state index in [0.29, 0.717) is 0 Å². The molecule has 0 aromatic carbocycles. The first-order chi connectivity index (χ1) is 6.91. The van der Waals surface area contributed by atoms with Gasteiger partial charge in [-0.2, -0.15) is 6.42 Å². The van der Waals surface area contributed by atoms with Gasteiger partial charge in [-0.15, -0.1) is 0 Å². The van der Waals surface area contributed by atoms with Crippen molar-refractivity contribution in [3.8, 4) is 0 Å². The standard InChI is InChI=1S/C12H25.ClH.Zn/c1-3-5-7-9-11-12-10-8-6-4-2;;/h1,3-12H2,2H3;1H;/q-1;;+2/p-1. The van der Waals surface area contributed by atoms with E-state index in [2.05, 4.69) is 13.8 Å². The quantitative estimate of drug-likeness (QED) is 0.298. The van der Waals surface area contributed by atoms with Gasteiger partial charge < -0.3 is 6.92 Å². The van der Waals surface area contributed by atoms with Crippen molar-refractivity contribution < 1.29 is 17.3 Å². The second kappa shape index (κ2) is 19.5. The van der Waals surface area contributed by atoms with Crippen molar-refractivity contribution in [2.75, 3.05) is 0 Å². The molecule has 0 aliphatic rings. The molecule has 0 rings (SSSR count). The first kappa shape index (κ1) is 17.3. The maximum absolute atomic E-state index is 4.76. The van der Waals surface area contributed by atoms with Crippen LogP contribution in [0.15, 0.2) is 0 Å². The third-order valence-corrected chi connectivity index (χ3v) is 2.35. The van der Waals surface area contributed by atoms with E-state index in [-0.39, 0.29) is 0 Å². The van der Waals surface area contributed by atoms with Crippen molar-refractivity contribution in [2.45, 2.75) is 71.1 Å². The Balaban J connectivity index is 0. The van der Waals surface area contributed by atoms with Gasteiger partial charge in [0.15, 0.2) is 0 Å². The molecular formula is C12H25ClZn. The number of hydrogen-bond acceptors (Lipinski definition) is 0. The summed E-state index contributed by atoms with van der Waals surface area (Å²) in [6.45, 7) is 6.12. The average molecular weight is 270 g/mol. The summed E-state index contributed by atoms with van der Waals surface area (Å²) in [5.41, 5.74) is 0. The molecule has 0 N–H and O–H groups in total. The van der Waals surface area contributed by atoms with E-state index >= 15 is 0 Å². The molecule has 0 amide bonds. The van der Waals surface area contributed by atoms with Gasteiger partial charge in [-0.05, 0) is 0 Å². The van der Waals surface area contributed by atoms with Crippen LogP contribution in [0.4, 0.5) is 0 Å². The predicted molar refractivity (Wildman–Crippen MR) is 63.1 cm³/mol. The molecule has 82 valence electrons. The van der Waals surface area contributed by atoms with Crippen molar-refractivity contribution in [2.24, 2.45) is 0 Å². The van der Waals surface area contributed by atoms with E-state index in [9.17, 15) is 0 Å². The van der Waals surface area contributed by atoms with Gasteiger partial charge in [-0.1, -0.05) is 64.7 Å². The molecular weight excluding hydrogens is 245 g/mol. The Morgan fingerprint density at radius 3 is 1.50 bits per heavy atom.